The molecule has 0 fully saturated rings. The van der Waals surface area contributed by atoms with Crippen molar-refractivity contribution in [1.82, 2.24) is 10.6 Å². The number of nitrogens with two attached hydrogens (primary N) is 1. The molecule has 0 aliphatic carbocycles. The first kappa shape index (κ1) is 25.6. The quantitative estimate of drug-likeness (QED) is 0.374. The zero-order valence-corrected chi connectivity index (χ0v) is 19.4. The Morgan fingerprint density at radius 2 is 1.67 bits per heavy atom. The van der Waals surface area contributed by atoms with Crippen LogP contribution in [0.15, 0.2) is 47.5 Å². The largest absolute Gasteiger partial charge is 0.493 e. The summed E-state index contributed by atoms with van der Waals surface area (Å²) in [6.45, 7) is 4.15. The predicted molar refractivity (Wildman–Crippen MR) is 125 cm³/mol. The number of halogens is 1. The number of carbonyl (C=O) groups is 2. The van der Waals surface area contributed by atoms with Crippen LogP contribution in [0.5, 0.6) is 11.5 Å². The van der Waals surface area contributed by atoms with Gasteiger partial charge in [-0.05, 0) is 47.7 Å². The van der Waals surface area contributed by atoms with Crippen LogP contribution < -0.4 is 25.8 Å². The topological polar surface area (TPSA) is 115 Å². The highest BCUT2D eigenvalue weighted by atomic mass is 19.1. The van der Waals surface area contributed by atoms with Gasteiger partial charge in [0.25, 0.3) is 0 Å². The summed E-state index contributed by atoms with van der Waals surface area (Å²) in [6, 6.07) is 10.2. The van der Waals surface area contributed by atoms with Gasteiger partial charge in [-0.2, -0.15) is 0 Å². The first-order valence-electron chi connectivity index (χ1n) is 10.6. The second-order valence-corrected chi connectivity index (χ2v) is 7.92. The fourth-order valence-electron chi connectivity index (χ4n) is 3.14. The van der Waals surface area contributed by atoms with Crippen molar-refractivity contribution in [2.45, 2.75) is 39.3 Å². The molecule has 2 aromatic carbocycles. The first-order chi connectivity index (χ1) is 15.7. The number of rotatable bonds is 10. The van der Waals surface area contributed by atoms with Gasteiger partial charge in [0, 0.05) is 6.54 Å². The van der Waals surface area contributed by atoms with Gasteiger partial charge in [-0.25, -0.2) is 9.38 Å². The van der Waals surface area contributed by atoms with Crippen LogP contribution in [0.25, 0.3) is 0 Å². The minimum Gasteiger partial charge on any atom is -0.493 e. The highest BCUT2D eigenvalue weighted by molar-refractivity contribution is 5.98. The summed E-state index contributed by atoms with van der Waals surface area (Å²) in [5.74, 6) is 0.0615. The first-order valence-corrected chi connectivity index (χ1v) is 10.6. The molecule has 8 nitrogen and oxygen atoms in total. The van der Waals surface area contributed by atoms with Gasteiger partial charge in [-0.15, -0.1) is 0 Å². The van der Waals surface area contributed by atoms with E-state index in [2.05, 4.69) is 15.6 Å². The van der Waals surface area contributed by atoms with Crippen molar-refractivity contribution in [1.29, 1.82) is 0 Å². The molecule has 0 unspecified atom stereocenters. The normalized spacial score (nSPS) is 12.2. The molecule has 1 atom stereocenters. The van der Waals surface area contributed by atoms with E-state index in [1.54, 1.807) is 30.3 Å². The predicted octanol–water partition coefficient (Wildman–Crippen LogP) is 2.55. The van der Waals surface area contributed by atoms with Gasteiger partial charge in [0.05, 0.1) is 20.6 Å². The summed E-state index contributed by atoms with van der Waals surface area (Å²) in [5.41, 5.74) is 7.38. The molecule has 178 valence electrons. The summed E-state index contributed by atoms with van der Waals surface area (Å²) in [6.07, 6.45) is 0.490. The Morgan fingerprint density at radius 1 is 1.03 bits per heavy atom. The number of nitrogens with zero attached hydrogens (tertiary/aromatic N) is 1. The Kier molecular flexibility index (Phi) is 9.65. The molecule has 0 saturated heterocycles. The van der Waals surface area contributed by atoms with Crippen LogP contribution >= 0.6 is 0 Å². The maximum atomic E-state index is 13.0. The second kappa shape index (κ2) is 12.4. The van der Waals surface area contributed by atoms with E-state index in [0.717, 1.165) is 5.56 Å². The Balaban J connectivity index is 2.00. The van der Waals surface area contributed by atoms with E-state index >= 15 is 0 Å². The molecule has 9 heteroatoms. The van der Waals surface area contributed by atoms with E-state index in [-0.39, 0.29) is 42.5 Å². The standard InChI is InChI=1S/C24H31FN4O4/c1-15(2)11-19(23(31)27-14-16-5-8-18(25)9-6-16)28-24(26)29-22(30)13-17-7-10-20(32-3)21(12-17)33-4/h5-10,12,15,19H,11,13-14H2,1-4H3,(H,27,31)(H3,26,28,29,30)/t19-/m1/s1. The molecular weight excluding hydrogens is 427 g/mol. The Hall–Kier alpha value is -3.62. The van der Waals surface area contributed by atoms with Gasteiger partial charge in [0.1, 0.15) is 11.9 Å². The third-order valence-electron chi connectivity index (χ3n) is 4.75. The Labute approximate surface area is 193 Å². The number of aliphatic imine (C=N–C) groups is 1. The molecule has 0 saturated carbocycles. The maximum absolute atomic E-state index is 13.0. The van der Waals surface area contributed by atoms with Crippen LogP contribution in [0.2, 0.25) is 0 Å². The van der Waals surface area contributed by atoms with Gasteiger partial charge in [-0.3, -0.25) is 14.9 Å². The van der Waals surface area contributed by atoms with Crippen molar-refractivity contribution in [3.8, 4) is 11.5 Å². The summed E-state index contributed by atoms with van der Waals surface area (Å²) in [7, 11) is 3.05. The fourth-order valence-corrected chi connectivity index (χ4v) is 3.14. The van der Waals surface area contributed by atoms with Crippen molar-refractivity contribution in [3.63, 3.8) is 0 Å². The number of ether oxygens (including phenoxy) is 2. The molecule has 0 radical (unpaired) electrons. The molecule has 2 rings (SSSR count). The minimum absolute atomic E-state index is 0.0438. The lowest BCUT2D eigenvalue weighted by Crippen LogP contribution is -2.41. The Bertz CT molecular complexity index is 977. The number of amides is 2. The number of hydrogen-bond acceptors (Lipinski definition) is 5. The fraction of sp³-hybridized carbons (Fsp3) is 0.375. The molecular formula is C24H31FN4O4. The summed E-state index contributed by atoms with van der Waals surface area (Å²) >= 11 is 0. The maximum Gasteiger partial charge on any atom is 0.245 e. The van der Waals surface area contributed by atoms with Gasteiger partial charge >= 0.3 is 0 Å². The number of guanidine groups is 1. The molecule has 0 aliphatic heterocycles. The van der Waals surface area contributed by atoms with Gasteiger partial charge in [-0.1, -0.05) is 32.0 Å². The molecule has 0 spiro atoms. The molecule has 0 bridgehead atoms. The highest BCUT2D eigenvalue weighted by Gasteiger charge is 2.20. The van der Waals surface area contributed by atoms with Crippen LogP contribution in [0.4, 0.5) is 4.39 Å². The van der Waals surface area contributed by atoms with Crippen molar-refractivity contribution in [3.05, 3.63) is 59.4 Å². The zero-order valence-electron chi connectivity index (χ0n) is 19.4. The molecule has 33 heavy (non-hydrogen) atoms. The highest BCUT2D eigenvalue weighted by Crippen LogP contribution is 2.27. The summed E-state index contributed by atoms with van der Waals surface area (Å²) in [5, 5.41) is 5.31. The summed E-state index contributed by atoms with van der Waals surface area (Å²) < 4.78 is 23.5. The van der Waals surface area contributed by atoms with Gasteiger partial charge in [0.2, 0.25) is 11.8 Å². The smallest absolute Gasteiger partial charge is 0.245 e. The second-order valence-electron chi connectivity index (χ2n) is 7.92. The monoisotopic (exact) mass is 458 g/mol. The lowest BCUT2D eigenvalue weighted by Gasteiger charge is -2.16. The SMILES string of the molecule is COc1ccc(CC(=O)NC(N)=N[C@H](CC(C)C)C(=O)NCc2ccc(F)cc2)cc1OC. The number of benzene rings is 2. The van der Waals surface area contributed by atoms with Crippen LogP contribution in [0.3, 0.4) is 0 Å². The average Bonchev–Trinajstić information content (AvgIpc) is 2.77. The van der Waals surface area contributed by atoms with Gasteiger partial charge < -0.3 is 20.5 Å². The van der Waals surface area contributed by atoms with Crippen LogP contribution in [0, 0.1) is 11.7 Å². The Morgan fingerprint density at radius 3 is 2.27 bits per heavy atom. The third-order valence-corrected chi connectivity index (χ3v) is 4.75. The van der Waals surface area contributed by atoms with E-state index in [9.17, 15) is 14.0 Å². The number of carbonyl (C=O) groups excluding carboxylic acids is 2. The number of hydrogen-bond donors (Lipinski definition) is 3. The molecule has 2 aromatic rings. The van der Waals surface area contributed by atoms with Crippen molar-refractivity contribution in [2.75, 3.05) is 14.2 Å². The van der Waals surface area contributed by atoms with Gasteiger partial charge in [0.15, 0.2) is 17.5 Å². The van der Waals surface area contributed by atoms with Crippen molar-refractivity contribution < 1.29 is 23.5 Å². The van der Waals surface area contributed by atoms with Crippen LogP contribution in [-0.2, 0) is 22.6 Å². The van der Waals surface area contributed by atoms with E-state index in [4.69, 9.17) is 15.2 Å². The molecule has 0 heterocycles. The van der Waals surface area contributed by atoms with Crippen molar-refractivity contribution >= 4 is 17.8 Å². The summed E-state index contributed by atoms with van der Waals surface area (Å²) in [4.78, 5) is 29.3. The average molecular weight is 459 g/mol. The third kappa shape index (κ3) is 8.44. The molecule has 2 amide bonds. The molecule has 0 aliphatic rings. The van der Waals surface area contributed by atoms with Crippen LogP contribution in [-0.4, -0.2) is 38.0 Å². The zero-order chi connectivity index (χ0) is 24.4. The van der Waals surface area contributed by atoms with E-state index in [1.165, 1.54) is 26.4 Å². The van der Waals surface area contributed by atoms with E-state index < -0.39 is 6.04 Å². The molecule has 4 N–H and O–H groups in total. The van der Waals surface area contributed by atoms with Crippen molar-refractivity contribution in [2.24, 2.45) is 16.6 Å². The van der Waals surface area contributed by atoms with Crippen LogP contribution in [0.1, 0.15) is 31.4 Å². The molecule has 0 aromatic heterocycles. The van der Waals surface area contributed by atoms with E-state index in [1.807, 2.05) is 13.8 Å². The van der Waals surface area contributed by atoms with E-state index in [0.29, 0.717) is 23.5 Å². The number of nitrogens with one attached hydrogen (secondary N) is 2. The lowest BCUT2D eigenvalue weighted by atomic mass is 10.0. The number of methoxy groups -OCH3 is 2. The lowest BCUT2D eigenvalue weighted by molar-refractivity contribution is -0.123. The minimum atomic E-state index is -0.771.